The average Bonchev–Trinajstić information content (AvgIpc) is 3.24. The van der Waals surface area contributed by atoms with Crippen molar-refractivity contribution >= 4 is 22.4 Å². The number of anilines is 1. The molecule has 0 saturated heterocycles. The summed E-state index contributed by atoms with van der Waals surface area (Å²) in [6, 6.07) is 12.6. The lowest BCUT2D eigenvalue weighted by Gasteiger charge is -2.32. The molecule has 1 saturated carbocycles. The van der Waals surface area contributed by atoms with Crippen LogP contribution in [0.15, 0.2) is 53.5 Å². The van der Waals surface area contributed by atoms with E-state index in [1.807, 2.05) is 12.1 Å². The number of hydrogen-bond donors (Lipinski definition) is 2. The quantitative estimate of drug-likeness (QED) is 0.640. The lowest BCUT2D eigenvalue weighted by Crippen LogP contribution is -2.39. The fourth-order valence-corrected chi connectivity index (χ4v) is 4.67. The minimum atomic E-state index is -0.827. The number of ether oxygens (including phenoxy) is 2. The van der Waals surface area contributed by atoms with Gasteiger partial charge in [0.05, 0.1) is 18.6 Å². The predicted octanol–water partition coefficient (Wildman–Crippen LogP) is 3.61. The molecule has 0 unspecified atom stereocenters. The second-order valence-corrected chi connectivity index (χ2v) is 8.71. The van der Waals surface area contributed by atoms with Crippen LogP contribution in [0.3, 0.4) is 0 Å². The number of nitrogens with zero attached hydrogens (tertiary/aromatic N) is 1. The Morgan fingerprint density at radius 2 is 1.84 bits per heavy atom. The van der Waals surface area contributed by atoms with Crippen LogP contribution in [0.2, 0.25) is 0 Å². The molecule has 2 aliphatic rings. The zero-order chi connectivity index (χ0) is 22.1. The van der Waals surface area contributed by atoms with Crippen molar-refractivity contribution in [1.29, 1.82) is 0 Å². The van der Waals surface area contributed by atoms with Gasteiger partial charge in [0.15, 0.2) is 11.5 Å². The highest BCUT2D eigenvalue weighted by Gasteiger charge is 2.30. The van der Waals surface area contributed by atoms with E-state index in [-0.39, 0.29) is 24.7 Å². The van der Waals surface area contributed by atoms with Crippen molar-refractivity contribution in [2.24, 2.45) is 0 Å². The summed E-state index contributed by atoms with van der Waals surface area (Å²) in [6.07, 6.45) is 6.42. The fourth-order valence-electron chi connectivity index (χ4n) is 4.67. The Balaban J connectivity index is 1.36. The Morgan fingerprint density at radius 3 is 2.69 bits per heavy atom. The monoisotopic (exact) mass is 434 g/mol. The summed E-state index contributed by atoms with van der Waals surface area (Å²) in [6.45, 7) is 0.485. The Bertz CT molecular complexity index is 1230. The third-order valence-electron chi connectivity index (χ3n) is 6.34. The maximum absolute atomic E-state index is 13.1. The van der Waals surface area contributed by atoms with Crippen molar-refractivity contribution in [1.82, 2.24) is 4.57 Å². The molecular weight excluding hydrogens is 408 g/mol. The van der Waals surface area contributed by atoms with Gasteiger partial charge in [-0.15, -0.1) is 0 Å². The normalized spacial score (nSPS) is 16.8. The Kier molecular flexibility index (Phi) is 5.35. The number of fused-ring (bicyclic) bond motifs is 2. The topological polar surface area (TPSA) is 89.8 Å². The molecular formula is C25H26N2O5. The van der Waals surface area contributed by atoms with E-state index >= 15 is 0 Å². The van der Waals surface area contributed by atoms with Gasteiger partial charge in [-0.1, -0.05) is 31.4 Å². The van der Waals surface area contributed by atoms with Crippen molar-refractivity contribution in [3.8, 4) is 11.5 Å². The second kappa shape index (κ2) is 8.31. The summed E-state index contributed by atoms with van der Waals surface area (Å²) in [5.74, 6) is 1.13. The van der Waals surface area contributed by atoms with Gasteiger partial charge in [0, 0.05) is 22.7 Å². The van der Waals surface area contributed by atoms with E-state index in [0.717, 1.165) is 24.8 Å². The average molecular weight is 434 g/mol. The highest BCUT2D eigenvalue weighted by Crippen LogP contribution is 2.33. The van der Waals surface area contributed by atoms with Crippen molar-refractivity contribution in [3.63, 3.8) is 0 Å². The molecule has 1 aliphatic carbocycles. The van der Waals surface area contributed by atoms with Gasteiger partial charge in [-0.2, -0.15) is 0 Å². The second-order valence-electron chi connectivity index (χ2n) is 8.71. The van der Waals surface area contributed by atoms with Crippen LogP contribution in [0, 0.1) is 0 Å². The van der Waals surface area contributed by atoms with Crippen LogP contribution in [0.5, 0.6) is 11.5 Å². The van der Waals surface area contributed by atoms with E-state index < -0.39 is 5.60 Å². The summed E-state index contributed by atoms with van der Waals surface area (Å²) < 4.78 is 12.3. The molecule has 1 amide bonds. The predicted molar refractivity (Wildman–Crippen MR) is 121 cm³/mol. The standard InChI is InChI=1S/C25H26N2O5/c28-23(14-17-7-8-21-22(13-17)32-16-31-21)26-20-6-4-5-19-18(20)9-12-27(24(19)29)15-25(30)10-2-1-3-11-25/h4-9,12-13,30H,1-3,10-11,14-16H2,(H,26,28). The van der Waals surface area contributed by atoms with Crippen molar-refractivity contribution < 1.29 is 19.4 Å². The van der Waals surface area contributed by atoms with Gasteiger partial charge in [-0.05, 0) is 48.7 Å². The Morgan fingerprint density at radius 1 is 1.03 bits per heavy atom. The van der Waals surface area contributed by atoms with Crippen molar-refractivity contribution in [2.45, 2.75) is 50.7 Å². The molecule has 0 radical (unpaired) electrons. The molecule has 5 rings (SSSR count). The van der Waals surface area contributed by atoms with Gasteiger partial charge in [0.1, 0.15) is 0 Å². The van der Waals surface area contributed by atoms with Crippen LogP contribution in [0.4, 0.5) is 5.69 Å². The summed E-state index contributed by atoms with van der Waals surface area (Å²) in [5.41, 5.74) is 0.420. The first-order chi connectivity index (χ1) is 15.5. The van der Waals surface area contributed by atoms with Gasteiger partial charge < -0.3 is 24.5 Å². The summed E-state index contributed by atoms with van der Waals surface area (Å²) >= 11 is 0. The molecule has 2 aromatic carbocycles. The molecule has 0 atom stereocenters. The first-order valence-corrected chi connectivity index (χ1v) is 11.0. The maximum Gasteiger partial charge on any atom is 0.258 e. The lowest BCUT2D eigenvalue weighted by atomic mass is 9.85. The van der Waals surface area contributed by atoms with Crippen LogP contribution in [0.25, 0.3) is 10.8 Å². The van der Waals surface area contributed by atoms with Gasteiger partial charge in [0.25, 0.3) is 5.56 Å². The molecule has 166 valence electrons. The van der Waals surface area contributed by atoms with Crippen LogP contribution >= 0.6 is 0 Å². The Labute approximate surface area is 185 Å². The van der Waals surface area contributed by atoms with Crippen LogP contribution < -0.4 is 20.3 Å². The van der Waals surface area contributed by atoms with Crippen LogP contribution in [-0.4, -0.2) is 28.0 Å². The van der Waals surface area contributed by atoms with Gasteiger partial charge >= 0.3 is 0 Å². The zero-order valence-electron chi connectivity index (χ0n) is 17.8. The van der Waals surface area contributed by atoms with E-state index in [1.165, 1.54) is 0 Å². The fraction of sp³-hybridized carbons (Fsp3) is 0.360. The number of nitrogens with one attached hydrogen (secondary N) is 1. The minimum Gasteiger partial charge on any atom is -0.454 e. The molecule has 0 spiro atoms. The smallest absolute Gasteiger partial charge is 0.258 e. The summed E-state index contributed by atoms with van der Waals surface area (Å²) in [7, 11) is 0. The molecule has 2 heterocycles. The molecule has 32 heavy (non-hydrogen) atoms. The lowest BCUT2D eigenvalue weighted by molar-refractivity contribution is -0.115. The first kappa shape index (κ1) is 20.6. The largest absolute Gasteiger partial charge is 0.454 e. The van der Waals surface area contributed by atoms with Crippen LogP contribution in [0.1, 0.15) is 37.7 Å². The third-order valence-corrected chi connectivity index (χ3v) is 6.34. The van der Waals surface area contributed by atoms with E-state index in [4.69, 9.17) is 9.47 Å². The number of aromatic nitrogens is 1. The number of carbonyl (C=O) groups excluding carboxylic acids is 1. The van der Waals surface area contributed by atoms with Crippen molar-refractivity contribution in [2.75, 3.05) is 12.1 Å². The van der Waals surface area contributed by atoms with E-state index in [9.17, 15) is 14.7 Å². The first-order valence-electron chi connectivity index (χ1n) is 11.0. The van der Waals surface area contributed by atoms with Crippen LogP contribution in [-0.2, 0) is 17.8 Å². The third kappa shape index (κ3) is 4.08. The highest BCUT2D eigenvalue weighted by atomic mass is 16.7. The van der Waals surface area contributed by atoms with Gasteiger partial charge in [-0.25, -0.2) is 0 Å². The van der Waals surface area contributed by atoms with Gasteiger partial charge in [0.2, 0.25) is 12.7 Å². The molecule has 1 aliphatic heterocycles. The van der Waals surface area contributed by atoms with Crippen molar-refractivity contribution in [3.05, 3.63) is 64.6 Å². The number of amides is 1. The van der Waals surface area contributed by atoms with Gasteiger partial charge in [-0.3, -0.25) is 9.59 Å². The molecule has 2 N–H and O–H groups in total. The number of benzene rings is 2. The number of aliphatic hydroxyl groups is 1. The summed E-state index contributed by atoms with van der Waals surface area (Å²) in [5, 5.41) is 15.0. The molecule has 1 aromatic heterocycles. The number of pyridine rings is 1. The molecule has 0 bridgehead atoms. The minimum absolute atomic E-state index is 0.159. The number of rotatable bonds is 5. The Hall–Kier alpha value is -3.32. The number of carbonyl (C=O) groups is 1. The zero-order valence-corrected chi connectivity index (χ0v) is 17.8. The molecule has 3 aromatic rings. The highest BCUT2D eigenvalue weighted by molar-refractivity contribution is 6.02. The molecule has 1 fully saturated rings. The van der Waals surface area contributed by atoms with E-state index in [1.54, 1.807) is 41.1 Å². The SMILES string of the molecule is O=C(Cc1ccc2c(c1)OCO2)Nc1cccc2c(=O)n(CC3(O)CCCCC3)ccc12. The molecule has 7 nitrogen and oxygen atoms in total. The maximum atomic E-state index is 13.1. The summed E-state index contributed by atoms with van der Waals surface area (Å²) in [4.78, 5) is 25.8. The number of hydrogen-bond acceptors (Lipinski definition) is 5. The van der Waals surface area contributed by atoms with E-state index in [2.05, 4.69) is 5.32 Å². The molecule has 7 heteroatoms. The van der Waals surface area contributed by atoms with E-state index in [0.29, 0.717) is 47.3 Å².